The smallest absolute Gasteiger partial charge is 0.195 e. The molecule has 0 unspecified atom stereocenters. The molecule has 0 saturated carbocycles. The van der Waals surface area contributed by atoms with Gasteiger partial charge in [0, 0.05) is 0 Å². The van der Waals surface area contributed by atoms with Gasteiger partial charge in [-0.05, 0) is 12.1 Å². The van der Waals surface area contributed by atoms with Gasteiger partial charge in [-0.25, -0.2) is 13.2 Å². The molecular formula is C6H7ClF7S. The van der Waals surface area contributed by atoms with Gasteiger partial charge in [0.15, 0.2) is 17.5 Å². The second-order valence-electron chi connectivity index (χ2n) is 1.67. The van der Waals surface area contributed by atoms with E-state index in [4.69, 9.17) is 0 Å². The Hall–Kier alpha value is -0.760. The summed E-state index contributed by atoms with van der Waals surface area (Å²) in [6.45, 7) is 0. The van der Waals surface area contributed by atoms with Gasteiger partial charge in [0.05, 0.1) is 4.90 Å². The molecule has 0 fully saturated rings. The van der Waals surface area contributed by atoms with Gasteiger partial charge in [-0.2, -0.15) is 0 Å². The van der Waals surface area contributed by atoms with E-state index in [1.54, 1.807) is 0 Å². The molecule has 0 amide bonds. The zero-order valence-electron chi connectivity index (χ0n) is 6.74. The lowest BCUT2D eigenvalue weighted by Crippen LogP contribution is -1.90. The van der Waals surface area contributed by atoms with Crippen LogP contribution in [0.5, 0.6) is 0 Å². The molecule has 0 spiro atoms. The number of benzene rings is 1. The van der Waals surface area contributed by atoms with Gasteiger partial charge in [0.25, 0.3) is 0 Å². The molecule has 9 heteroatoms. The van der Waals surface area contributed by atoms with Gasteiger partial charge in [0.1, 0.15) is 0 Å². The minimum absolute atomic E-state index is 0. The van der Waals surface area contributed by atoms with Gasteiger partial charge in [-0.3, -0.25) is 18.8 Å². The van der Waals surface area contributed by atoms with Gasteiger partial charge < -0.3 is 0 Å². The van der Waals surface area contributed by atoms with Crippen LogP contribution in [0.25, 0.3) is 0 Å². The van der Waals surface area contributed by atoms with Crippen LogP contribution >= 0.6 is 25.0 Å². The summed E-state index contributed by atoms with van der Waals surface area (Å²) in [5.41, 5.74) is 0. The first-order chi connectivity index (χ1) is 4.63. The largest absolute Gasteiger partial charge is 0.269 e. The first-order valence-electron chi connectivity index (χ1n) is 2.43. The molecule has 0 aliphatic heterocycles. The van der Waals surface area contributed by atoms with Crippen molar-refractivity contribution in [2.24, 2.45) is 0 Å². The SMILES string of the molecule is Cl.F.F.F.F.Fc1ccc([S])c(F)c1F. The lowest BCUT2D eigenvalue weighted by atomic mass is 10.3. The molecule has 1 aromatic rings. The Bertz CT molecular complexity index is 243. The van der Waals surface area contributed by atoms with Crippen molar-refractivity contribution in [3.63, 3.8) is 0 Å². The molecule has 0 bridgehead atoms. The number of rotatable bonds is 0. The van der Waals surface area contributed by atoms with Crippen molar-refractivity contribution < 1.29 is 32.0 Å². The van der Waals surface area contributed by atoms with Crippen LogP contribution in [0.4, 0.5) is 32.0 Å². The fourth-order valence-corrected chi connectivity index (χ4v) is 0.666. The van der Waals surface area contributed by atoms with Crippen LogP contribution in [0.15, 0.2) is 17.0 Å². The first-order valence-corrected chi connectivity index (χ1v) is 2.84. The zero-order chi connectivity index (χ0) is 7.72. The maximum atomic E-state index is 12.3. The quantitative estimate of drug-likeness (QED) is 0.502. The van der Waals surface area contributed by atoms with Crippen molar-refractivity contribution in [2.45, 2.75) is 4.90 Å². The summed E-state index contributed by atoms with van der Waals surface area (Å²) in [4.78, 5) is -0.307. The molecule has 15 heavy (non-hydrogen) atoms. The van der Waals surface area contributed by atoms with Crippen LogP contribution in [0.3, 0.4) is 0 Å². The Balaban J connectivity index is -0.0000000667. The molecule has 0 nitrogen and oxygen atoms in total. The van der Waals surface area contributed by atoms with E-state index in [0.717, 1.165) is 12.1 Å². The Morgan fingerprint density at radius 3 is 1.53 bits per heavy atom. The standard InChI is InChI=1S/C6H2F3S.ClH.4FH/c7-3-1-2-4(10)6(9)5(3)8;;;;;/h1-2H;5*1H. The zero-order valence-corrected chi connectivity index (χ0v) is 8.37. The Kier molecular flexibility index (Phi) is 22.1. The van der Waals surface area contributed by atoms with Crippen molar-refractivity contribution in [1.82, 2.24) is 0 Å². The average Bonchev–Trinajstić information content (AvgIpc) is 1.93. The summed E-state index contributed by atoms with van der Waals surface area (Å²) in [5, 5.41) is 0. The molecule has 0 aromatic heterocycles. The lowest BCUT2D eigenvalue weighted by molar-refractivity contribution is 0.435. The van der Waals surface area contributed by atoms with Crippen molar-refractivity contribution in [2.75, 3.05) is 0 Å². The molecule has 0 aliphatic carbocycles. The summed E-state index contributed by atoms with van der Waals surface area (Å²) in [6.07, 6.45) is 0. The monoisotopic (exact) mass is 279 g/mol. The Morgan fingerprint density at radius 1 is 0.800 bits per heavy atom. The summed E-state index contributed by atoms with van der Waals surface area (Å²) < 4.78 is 36.5. The highest BCUT2D eigenvalue weighted by molar-refractivity contribution is 7.80. The van der Waals surface area contributed by atoms with E-state index in [9.17, 15) is 13.2 Å². The number of hydrogen-bond donors (Lipinski definition) is 0. The van der Waals surface area contributed by atoms with E-state index in [1.165, 1.54) is 0 Å². The van der Waals surface area contributed by atoms with Gasteiger partial charge in [-0.15, -0.1) is 12.4 Å². The van der Waals surface area contributed by atoms with Crippen LogP contribution in [0.1, 0.15) is 0 Å². The van der Waals surface area contributed by atoms with Crippen molar-refractivity contribution >= 4 is 25.0 Å². The van der Waals surface area contributed by atoms with E-state index < -0.39 is 17.5 Å². The van der Waals surface area contributed by atoms with E-state index in [0.29, 0.717) is 0 Å². The van der Waals surface area contributed by atoms with Crippen molar-refractivity contribution in [3.05, 3.63) is 29.6 Å². The van der Waals surface area contributed by atoms with E-state index >= 15 is 0 Å². The van der Waals surface area contributed by atoms with E-state index in [1.807, 2.05) is 0 Å². The Morgan fingerprint density at radius 2 is 1.20 bits per heavy atom. The molecule has 93 valence electrons. The van der Waals surface area contributed by atoms with E-state index in [-0.39, 0.29) is 36.1 Å². The maximum absolute atomic E-state index is 12.3. The van der Waals surface area contributed by atoms with Crippen LogP contribution in [0, 0.1) is 17.5 Å². The minimum atomic E-state index is -1.51. The molecule has 0 heterocycles. The average molecular weight is 280 g/mol. The number of hydrogen-bond acceptors (Lipinski definition) is 0. The molecule has 0 atom stereocenters. The Labute approximate surface area is 92.2 Å². The predicted molar refractivity (Wildman–Crippen MR) is 49.4 cm³/mol. The molecule has 0 N–H and O–H groups in total. The third-order valence-electron chi connectivity index (χ3n) is 1.000. The minimum Gasteiger partial charge on any atom is -0.269 e. The second kappa shape index (κ2) is 11.3. The summed E-state index contributed by atoms with van der Waals surface area (Å²) in [5.74, 6) is -4.02. The molecular weight excluding hydrogens is 273 g/mol. The third kappa shape index (κ3) is 6.34. The highest BCUT2D eigenvalue weighted by Gasteiger charge is 2.10. The van der Waals surface area contributed by atoms with Crippen molar-refractivity contribution in [3.8, 4) is 0 Å². The van der Waals surface area contributed by atoms with Gasteiger partial charge >= 0.3 is 0 Å². The summed E-state index contributed by atoms with van der Waals surface area (Å²) >= 11 is 4.32. The first kappa shape index (κ1) is 29.2. The van der Waals surface area contributed by atoms with Crippen LogP contribution in [0.2, 0.25) is 0 Å². The molecule has 0 aliphatic rings. The second-order valence-corrected chi connectivity index (χ2v) is 2.11. The van der Waals surface area contributed by atoms with E-state index in [2.05, 4.69) is 12.6 Å². The summed E-state index contributed by atoms with van der Waals surface area (Å²) in [6, 6.07) is 1.80. The normalized spacial score (nSPS) is 6.60. The topological polar surface area (TPSA) is 0 Å². The van der Waals surface area contributed by atoms with Crippen LogP contribution in [-0.4, -0.2) is 0 Å². The lowest BCUT2D eigenvalue weighted by Gasteiger charge is -1.94. The number of halogens is 8. The van der Waals surface area contributed by atoms with Crippen molar-refractivity contribution in [1.29, 1.82) is 0 Å². The van der Waals surface area contributed by atoms with Crippen LogP contribution < -0.4 is 0 Å². The molecule has 0 saturated heterocycles. The van der Waals surface area contributed by atoms with Gasteiger partial charge in [0.2, 0.25) is 0 Å². The molecule has 1 aromatic carbocycles. The highest BCUT2D eigenvalue weighted by atomic mass is 35.5. The maximum Gasteiger partial charge on any atom is 0.195 e. The summed E-state index contributed by atoms with van der Waals surface area (Å²) in [7, 11) is 0. The van der Waals surface area contributed by atoms with Crippen LogP contribution in [-0.2, 0) is 0 Å². The molecule has 1 radical (unpaired) electrons. The van der Waals surface area contributed by atoms with Gasteiger partial charge in [-0.1, -0.05) is 12.6 Å². The predicted octanol–water partition coefficient (Wildman–Crippen LogP) is 3.69. The third-order valence-corrected chi connectivity index (χ3v) is 1.32. The highest BCUT2D eigenvalue weighted by Crippen LogP contribution is 2.17. The fraction of sp³-hybridized carbons (Fsp3) is 0. The molecule has 1 rings (SSSR count). The fourth-order valence-electron chi connectivity index (χ4n) is 0.508.